The van der Waals surface area contributed by atoms with Crippen LogP contribution < -0.4 is 5.32 Å². The predicted octanol–water partition coefficient (Wildman–Crippen LogP) is 2.72. The third kappa shape index (κ3) is 5.49. The van der Waals surface area contributed by atoms with E-state index in [4.69, 9.17) is 0 Å². The molecule has 0 aliphatic heterocycles. The van der Waals surface area contributed by atoms with Crippen LogP contribution in [0.25, 0.3) is 0 Å². The van der Waals surface area contributed by atoms with Gasteiger partial charge in [-0.05, 0) is 39.2 Å². The van der Waals surface area contributed by atoms with E-state index in [0.29, 0.717) is 5.25 Å². The van der Waals surface area contributed by atoms with Crippen LogP contribution in [0.2, 0.25) is 0 Å². The average Bonchev–Trinajstić information content (AvgIpc) is 2.47. The summed E-state index contributed by atoms with van der Waals surface area (Å²) in [6.07, 6.45) is 0. The molecule has 1 N–H and O–H groups in total. The van der Waals surface area contributed by atoms with Gasteiger partial charge in [-0.25, -0.2) is 4.98 Å². The minimum Gasteiger partial charge on any atom is -0.311 e. The minimum atomic E-state index is 0.186. The lowest BCUT2D eigenvalue weighted by molar-refractivity contribution is 0.429. The monoisotopic (exact) mass is 245 g/mol. The molecule has 1 unspecified atom stereocenters. The van der Waals surface area contributed by atoms with E-state index in [1.165, 1.54) is 11.5 Å². The van der Waals surface area contributed by atoms with E-state index in [1.54, 1.807) is 11.8 Å². The first-order valence-corrected chi connectivity index (χ1v) is 6.74. The van der Waals surface area contributed by atoms with Crippen molar-refractivity contribution >= 4 is 23.3 Å². The SMILES string of the molecule is Cc1nsc(SC(C)CNC(C)(C)C)n1. The van der Waals surface area contributed by atoms with Gasteiger partial charge in [-0.1, -0.05) is 18.7 Å². The summed E-state index contributed by atoms with van der Waals surface area (Å²) in [5.41, 5.74) is 0.186. The molecule has 0 bridgehead atoms. The average molecular weight is 245 g/mol. The van der Waals surface area contributed by atoms with Gasteiger partial charge >= 0.3 is 0 Å². The van der Waals surface area contributed by atoms with Crippen molar-refractivity contribution in [1.29, 1.82) is 0 Å². The van der Waals surface area contributed by atoms with Crippen molar-refractivity contribution in [2.24, 2.45) is 0 Å². The molecule has 0 saturated heterocycles. The Balaban J connectivity index is 2.33. The van der Waals surface area contributed by atoms with Gasteiger partial charge in [0.1, 0.15) is 5.82 Å². The standard InChI is InChI=1S/C10H19N3S2/c1-7(6-11-10(3,4)5)14-9-12-8(2)13-15-9/h7,11H,6H2,1-5H3. The number of hydrogen-bond donors (Lipinski definition) is 1. The molecule has 1 aromatic heterocycles. The zero-order chi connectivity index (χ0) is 11.5. The molecule has 1 aromatic rings. The van der Waals surface area contributed by atoms with Gasteiger partial charge in [-0.2, -0.15) is 4.37 Å². The van der Waals surface area contributed by atoms with Crippen molar-refractivity contribution in [3.63, 3.8) is 0 Å². The first-order valence-electron chi connectivity index (χ1n) is 5.09. The maximum absolute atomic E-state index is 4.34. The highest BCUT2D eigenvalue weighted by Gasteiger charge is 2.13. The number of nitrogens with zero attached hydrogens (tertiary/aromatic N) is 2. The second-order valence-electron chi connectivity index (χ2n) is 4.67. The lowest BCUT2D eigenvalue weighted by Crippen LogP contribution is -2.39. The van der Waals surface area contributed by atoms with Crippen LogP contribution in [-0.4, -0.2) is 26.7 Å². The number of thioether (sulfide) groups is 1. The molecule has 1 rings (SSSR count). The molecule has 0 aliphatic carbocycles. The molecule has 15 heavy (non-hydrogen) atoms. The Bertz CT molecular complexity index is 304. The molecule has 0 saturated carbocycles. The van der Waals surface area contributed by atoms with E-state index < -0.39 is 0 Å². The van der Waals surface area contributed by atoms with Crippen LogP contribution in [0.5, 0.6) is 0 Å². The molecule has 0 amide bonds. The number of hydrogen-bond acceptors (Lipinski definition) is 5. The van der Waals surface area contributed by atoms with Crippen LogP contribution in [-0.2, 0) is 0 Å². The number of nitrogens with one attached hydrogen (secondary N) is 1. The van der Waals surface area contributed by atoms with E-state index in [2.05, 4.69) is 42.4 Å². The molecule has 1 heterocycles. The third-order valence-electron chi connectivity index (χ3n) is 1.73. The van der Waals surface area contributed by atoms with Crippen molar-refractivity contribution in [3.8, 4) is 0 Å². The topological polar surface area (TPSA) is 37.8 Å². The van der Waals surface area contributed by atoms with Gasteiger partial charge in [0.05, 0.1) is 0 Å². The fraction of sp³-hybridized carbons (Fsp3) is 0.800. The maximum Gasteiger partial charge on any atom is 0.170 e. The van der Waals surface area contributed by atoms with Crippen molar-refractivity contribution in [3.05, 3.63) is 5.82 Å². The first-order chi connectivity index (χ1) is 6.87. The molecule has 0 aromatic carbocycles. The molecule has 0 fully saturated rings. The largest absolute Gasteiger partial charge is 0.311 e. The van der Waals surface area contributed by atoms with Crippen LogP contribution in [0.15, 0.2) is 4.34 Å². The van der Waals surface area contributed by atoms with Gasteiger partial charge in [-0.3, -0.25) is 0 Å². The van der Waals surface area contributed by atoms with Gasteiger partial charge in [0.25, 0.3) is 0 Å². The number of aromatic nitrogens is 2. The molecule has 0 radical (unpaired) electrons. The van der Waals surface area contributed by atoms with Crippen molar-refractivity contribution < 1.29 is 0 Å². The second kappa shape index (κ2) is 5.27. The summed E-state index contributed by atoms with van der Waals surface area (Å²) in [5.74, 6) is 0.874. The zero-order valence-corrected chi connectivity index (χ0v) is 11.6. The highest BCUT2D eigenvalue weighted by atomic mass is 32.2. The summed E-state index contributed by atoms with van der Waals surface area (Å²) < 4.78 is 5.23. The Hall–Kier alpha value is -0.130. The van der Waals surface area contributed by atoms with Crippen LogP contribution in [0.4, 0.5) is 0 Å². The normalized spacial score (nSPS) is 14.2. The van der Waals surface area contributed by atoms with E-state index in [-0.39, 0.29) is 5.54 Å². The van der Waals surface area contributed by atoms with Gasteiger partial charge in [0, 0.05) is 17.3 Å². The first kappa shape index (κ1) is 12.9. The van der Waals surface area contributed by atoms with Crippen LogP contribution in [0, 0.1) is 6.92 Å². The smallest absolute Gasteiger partial charge is 0.170 e. The van der Waals surface area contributed by atoms with Crippen molar-refractivity contribution in [2.45, 2.75) is 49.7 Å². The molecule has 1 atom stereocenters. The zero-order valence-electron chi connectivity index (χ0n) is 10.00. The van der Waals surface area contributed by atoms with Gasteiger partial charge in [0.15, 0.2) is 4.34 Å². The van der Waals surface area contributed by atoms with Gasteiger partial charge < -0.3 is 5.32 Å². The highest BCUT2D eigenvalue weighted by molar-refractivity contribution is 8.01. The fourth-order valence-electron chi connectivity index (χ4n) is 0.990. The molecule has 5 heteroatoms. The Morgan fingerprint density at radius 1 is 1.47 bits per heavy atom. The second-order valence-corrected chi connectivity index (χ2v) is 7.10. The molecular weight excluding hydrogens is 226 g/mol. The van der Waals surface area contributed by atoms with Gasteiger partial charge in [-0.15, -0.1) is 0 Å². The maximum atomic E-state index is 4.34. The van der Waals surface area contributed by atoms with Crippen molar-refractivity contribution in [1.82, 2.24) is 14.7 Å². The lowest BCUT2D eigenvalue weighted by atomic mass is 10.1. The fourth-order valence-corrected chi connectivity index (χ4v) is 2.89. The molecule has 0 spiro atoms. The molecule has 3 nitrogen and oxygen atoms in total. The number of rotatable bonds is 4. The summed E-state index contributed by atoms with van der Waals surface area (Å²) in [5, 5.41) is 4.01. The highest BCUT2D eigenvalue weighted by Crippen LogP contribution is 2.24. The van der Waals surface area contributed by atoms with E-state index >= 15 is 0 Å². The van der Waals surface area contributed by atoms with Crippen LogP contribution in [0.3, 0.4) is 0 Å². The Morgan fingerprint density at radius 3 is 2.60 bits per heavy atom. The summed E-state index contributed by atoms with van der Waals surface area (Å²) in [7, 11) is 0. The van der Waals surface area contributed by atoms with Gasteiger partial charge in [0.2, 0.25) is 0 Å². The summed E-state index contributed by atoms with van der Waals surface area (Å²) in [6, 6.07) is 0. The van der Waals surface area contributed by atoms with Crippen molar-refractivity contribution in [2.75, 3.05) is 6.54 Å². The van der Waals surface area contributed by atoms with E-state index in [0.717, 1.165) is 16.7 Å². The third-order valence-corrected chi connectivity index (χ3v) is 3.71. The molecule has 0 aliphatic rings. The summed E-state index contributed by atoms with van der Waals surface area (Å²) in [6.45, 7) is 11.7. The summed E-state index contributed by atoms with van der Waals surface area (Å²) >= 11 is 3.27. The summed E-state index contributed by atoms with van der Waals surface area (Å²) in [4.78, 5) is 4.34. The quantitative estimate of drug-likeness (QED) is 0.828. The lowest BCUT2D eigenvalue weighted by Gasteiger charge is -2.22. The van der Waals surface area contributed by atoms with E-state index in [9.17, 15) is 0 Å². The van der Waals surface area contributed by atoms with Crippen LogP contribution in [0.1, 0.15) is 33.5 Å². The Kier molecular flexibility index (Phi) is 4.55. The Labute approximate surface area is 100 Å². The van der Waals surface area contributed by atoms with E-state index in [1.807, 2.05) is 6.92 Å². The Morgan fingerprint density at radius 2 is 2.13 bits per heavy atom. The molecule has 86 valence electrons. The predicted molar refractivity (Wildman–Crippen MR) is 67.7 cm³/mol. The number of aryl methyl sites for hydroxylation is 1. The van der Waals surface area contributed by atoms with Crippen LogP contribution >= 0.6 is 23.3 Å². The minimum absolute atomic E-state index is 0.186. The molecular formula is C10H19N3S2.